The van der Waals surface area contributed by atoms with Crippen molar-refractivity contribution in [3.63, 3.8) is 0 Å². The van der Waals surface area contributed by atoms with Crippen molar-refractivity contribution < 1.29 is 9.53 Å². The van der Waals surface area contributed by atoms with Crippen molar-refractivity contribution in [3.05, 3.63) is 6.33 Å². The van der Waals surface area contributed by atoms with Crippen LogP contribution in [-0.2, 0) is 16.6 Å². The molecule has 0 aliphatic heterocycles. The van der Waals surface area contributed by atoms with Crippen LogP contribution < -0.4 is 0 Å². The van der Waals surface area contributed by atoms with Crippen molar-refractivity contribution >= 4 is 17.7 Å². The highest BCUT2D eigenvalue weighted by Crippen LogP contribution is 2.22. The molecule has 0 saturated carbocycles. The molecule has 0 aliphatic carbocycles. The quantitative estimate of drug-likeness (QED) is 0.596. The molecule has 1 aromatic heterocycles. The number of aryl methyl sites for hydroxylation is 1. The zero-order chi connectivity index (χ0) is 12.3. The average molecular weight is 243 g/mol. The predicted molar refractivity (Wildman–Crippen MR) is 62.2 cm³/mol. The Kier molecular flexibility index (Phi) is 3.96. The molecule has 0 N–H and O–H groups in total. The van der Waals surface area contributed by atoms with Crippen molar-refractivity contribution in [2.45, 2.75) is 43.7 Å². The second-order valence-electron chi connectivity index (χ2n) is 4.46. The molecule has 0 fully saturated rings. The smallest absolute Gasteiger partial charge is 0.319 e. The van der Waals surface area contributed by atoms with Gasteiger partial charge in [0.25, 0.3) is 0 Å². The number of rotatable bonds is 3. The van der Waals surface area contributed by atoms with Gasteiger partial charge in [-0.1, -0.05) is 11.8 Å². The molecule has 1 aromatic rings. The van der Waals surface area contributed by atoms with Crippen LogP contribution in [0.2, 0.25) is 0 Å². The van der Waals surface area contributed by atoms with Gasteiger partial charge in [0, 0.05) is 7.05 Å². The standard InChI is InChI=1S/C10H17N3O2S/c1-7(8(14)15-10(2,3)4)16-9-11-6-12-13(9)5/h6-7H,1-5H3. The lowest BCUT2D eigenvalue weighted by Gasteiger charge is -2.21. The van der Waals surface area contributed by atoms with Gasteiger partial charge < -0.3 is 4.74 Å². The Labute approximate surface area is 99.6 Å². The first-order valence-corrected chi connectivity index (χ1v) is 5.91. The van der Waals surface area contributed by atoms with E-state index in [4.69, 9.17) is 4.74 Å². The zero-order valence-electron chi connectivity index (χ0n) is 10.2. The van der Waals surface area contributed by atoms with E-state index in [1.807, 2.05) is 20.8 Å². The highest BCUT2D eigenvalue weighted by molar-refractivity contribution is 8.00. The summed E-state index contributed by atoms with van der Waals surface area (Å²) >= 11 is 1.34. The lowest BCUT2D eigenvalue weighted by Crippen LogP contribution is -2.29. The highest BCUT2D eigenvalue weighted by atomic mass is 32.2. The molecule has 6 heteroatoms. The summed E-state index contributed by atoms with van der Waals surface area (Å²) in [6, 6.07) is 0. The topological polar surface area (TPSA) is 57.0 Å². The minimum Gasteiger partial charge on any atom is -0.459 e. The number of carbonyl (C=O) groups excluding carboxylic acids is 1. The summed E-state index contributed by atoms with van der Waals surface area (Å²) in [7, 11) is 1.79. The van der Waals surface area contributed by atoms with Gasteiger partial charge in [-0.2, -0.15) is 5.10 Å². The average Bonchev–Trinajstić information content (AvgIpc) is 2.49. The Hall–Kier alpha value is -1.04. The van der Waals surface area contributed by atoms with Gasteiger partial charge in [-0.3, -0.25) is 4.79 Å². The van der Waals surface area contributed by atoms with E-state index in [1.54, 1.807) is 18.7 Å². The molecule has 0 radical (unpaired) electrons. The van der Waals surface area contributed by atoms with E-state index in [1.165, 1.54) is 18.1 Å². The van der Waals surface area contributed by atoms with Crippen LogP contribution in [0.15, 0.2) is 11.5 Å². The third kappa shape index (κ3) is 3.84. The number of carbonyl (C=O) groups is 1. The van der Waals surface area contributed by atoms with Crippen LogP contribution in [0.5, 0.6) is 0 Å². The van der Waals surface area contributed by atoms with Gasteiger partial charge in [-0.05, 0) is 27.7 Å². The molecule has 0 bridgehead atoms. The van der Waals surface area contributed by atoms with E-state index in [0.717, 1.165) is 0 Å². The van der Waals surface area contributed by atoms with Gasteiger partial charge in [0.1, 0.15) is 17.2 Å². The SMILES string of the molecule is CC(Sc1ncnn1C)C(=O)OC(C)(C)C. The van der Waals surface area contributed by atoms with Crippen LogP contribution in [0.1, 0.15) is 27.7 Å². The normalized spacial score (nSPS) is 13.6. The summed E-state index contributed by atoms with van der Waals surface area (Å²) in [5.41, 5.74) is -0.453. The van der Waals surface area contributed by atoms with Crippen molar-refractivity contribution in [1.82, 2.24) is 14.8 Å². The van der Waals surface area contributed by atoms with Crippen molar-refractivity contribution in [1.29, 1.82) is 0 Å². The first-order valence-electron chi connectivity index (χ1n) is 5.03. The number of aromatic nitrogens is 3. The number of nitrogens with zero attached hydrogens (tertiary/aromatic N) is 3. The molecule has 90 valence electrons. The third-order valence-electron chi connectivity index (χ3n) is 1.69. The fourth-order valence-corrected chi connectivity index (χ4v) is 1.75. The van der Waals surface area contributed by atoms with E-state index in [-0.39, 0.29) is 11.2 Å². The van der Waals surface area contributed by atoms with Crippen LogP contribution in [0.3, 0.4) is 0 Å². The third-order valence-corrected chi connectivity index (χ3v) is 2.82. The van der Waals surface area contributed by atoms with Crippen LogP contribution in [0, 0.1) is 0 Å². The van der Waals surface area contributed by atoms with Crippen molar-refractivity contribution in [2.75, 3.05) is 0 Å². The molecule has 0 saturated heterocycles. The number of thioether (sulfide) groups is 1. The van der Waals surface area contributed by atoms with Crippen LogP contribution in [0.4, 0.5) is 0 Å². The molecule has 16 heavy (non-hydrogen) atoms. The van der Waals surface area contributed by atoms with Gasteiger partial charge in [-0.15, -0.1) is 0 Å². The summed E-state index contributed by atoms with van der Waals surface area (Å²) in [5, 5.41) is 4.35. The summed E-state index contributed by atoms with van der Waals surface area (Å²) in [6.07, 6.45) is 1.46. The van der Waals surface area contributed by atoms with E-state index in [9.17, 15) is 4.79 Å². The van der Waals surface area contributed by atoms with Crippen LogP contribution in [-0.4, -0.2) is 31.6 Å². The number of hydrogen-bond acceptors (Lipinski definition) is 5. The number of hydrogen-bond donors (Lipinski definition) is 0. The molecule has 1 atom stereocenters. The molecule has 0 spiro atoms. The highest BCUT2D eigenvalue weighted by Gasteiger charge is 2.23. The van der Waals surface area contributed by atoms with Gasteiger partial charge in [-0.25, -0.2) is 9.67 Å². The van der Waals surface area contributed by atoms with E-state index < -0.39 is 5.60 Å². The Morgan fingerprint density at radius 1 is 1.56 bits per heavy atom. The van der Waals surface area contributed by atoms with Gasteiger partial charge in [0.15, 0.2) is 5.16 Å². The summed E-state index contributed by atoms with van der Waals surface area (Å²) < 4.78 is 6.90. The minimum atomic E-state index is -0.453. The van der Waals surface area contributed by atoms with Crippen molar-refractivity contribution in [2.24, 2.45) is 7.05 Å². The second kappa shape index (κ2) is 4.86. The Balaban J connectivity index is 2.56. The predicted octanol–water partition coefficient (Wildman–Crippen LogP) is 1.64. The molecule has 1 rings (SSSR count). The maximum atomic E-state index is 11.7. The molecule has 5 nitrogen and oxygen atoms in total. The monoisotopic (exact) mass is 243 g/mol. The Bertz CT molecular complexity index is 370. The maximum Gasteiger partial charge on any atom is 0.319 e. The van der Waals surface area contributed by atoms with Crippen LogP contribution >= 0.6 is 11.8 Å². The van der Waals surface area contributed by atoms with Gasteiger partial charge in [0.05, 0.1) is 0 Å². The lowest BCUT2D eigenvalue weighted by molar-refractivity contribution is -0.153. The molecule has 0 amide bonds. The van der Waals surface area contributed by atoms with E-state index >= 15 is 0 Å². The Morgan fingerprint density at radius 3 is 2.62 bits per heavy atom. The molecular weight excluding hydrogens is 226 g/mol. The second-order valence-corrected chi connectivity index (χ2v) is 5.77. The number of esters is 1. The Morgan fingerprint density at radius 2 is 2.19 bits per heavy atom. The van der Waals surface area contributed by atoms with Crippen molar-refractivity contribution in [3.8, 4) is 0 Å². The molecule has 1 heterocycles. The van der Waals surface area contributed by atoms with E-state index in [0.29, 0.717) is 5.16 Å². The first kappa shape index (κ1) is 13.0. The molecule has 0 aromatic carbocycles. The summed E-state index contributed by atoms with van der Waals surface area (Å²) in [6.45, 7) is 7.35. The van der Waals surface area contributed by atoms with Crippen LogP contribution in [0.25, 0.3) is 0 Å². The zero-order valence-corrected chi connectivity index (χ0v) is 11.0. The minimum absolute atomic E-state index is 0.236. The van der Waals surface area contributed by atoms with Gasteiger partial charge >= 0.3 is 5.97 Å². The molecule has 1 unspecified atom stereocenters. The summed E-state index contributed by atoms with van der Waals surface area (Å²) in [5.74, 6) is -0.236. The summed E-state index contributed by atoms with van der Waals surface area (Å²) in [4.78, 5) is 15.7. The van der Waals surface area contributed by atoms with Gasteiger partial charge in [0.2, 0.25) is 0 Å². The molecular formula is C10H17N3O2S. The number of ether oxygens (including phenoxy) is 1. The fourth-order valence-electron chi connectivity index (χ4n) is 0.983. The fraction of sp³-hybridized carbons (Fsp3) is 0.700. The first-order chi connectivity index (χ1) is 7.29. The largest absolute Gasteiger partial charge is 0.459 e. The maximum absolute atomic E-state index is 11.7. The lowest BCUT2D eigenvalue weighted by atomic mass is 10.2. The molecule has 0 aliphatic rings. The van der Waals surface area contributed by atoms with E-state index in [2.05, 4.69) is 10.1 Å².